The zero-order chi connectivity index (χ0) is 7.84. The number of aryl methyl sites for hydroxylation is 1. The maximum atomic E-state index is 11.4. The molecule has 1 aliphatic rings. The van der Waals surface area contributed by atoms with E-state index in [9.17, 15) is 4.79 Å². The third-order valence-corrected chi connectivity index (χ3v) is 2.15. The van der Waals surface area contributed by atoms with Gasteiger partial charge in [0.05, 0.1) is 0 Å². The Bertz CT molecular complexity index is 306. The molecule has 0 spiro atoms. The summed E-state index contributed by atoms with van der Waals surface area (Å²) in [4.78, 5) is 11.4. The fourth-order valence-corrected chi connectivity index (χ4v) is 1.30. The van der Waals surface area contributed by atoms with E-state index < -0.39 is 0 Å². The van der Waals surface area contributed by atoms with Crippen LogP contribution < -0.4 is 5.69 Å². The van der Waals surface area contributed by atoms with Crippen molar-refractivity contribution in [3.8, 4) is 0 Å². The summed E-state index contributed by atoms with van der Waals surface area (Å²) in [5, 5.41) is 0. The molecule has 0 bridgehead atoms. The Morgan fingerprint density at radius 2 is 2.27 bits per heavy atom. The van der Waals surface area contributed by atoms with E-state index in [1.807, 2.05) is 23.9 Å². The molecular formula is C8H12N2O. The molecule has 0 aliphatic heterocycles. The highest BCUT2D eigenvalue weighted by molar-refractivity contribution is 4.90. The van der Waals surface area contributed by atoms with Crippen LogP contribution in [0.4, 0.5) is 0 Å². The third-order valence-electron chi connectivity index (χ3n) is 2.15. The molecule has 2 rings (SSSR count). The monoisotopic (exact) mass is 152 g/mol. The predicted molar refractivity (Wildman–Crippen MR) is 42.6 cm³/mol. The summed E-state index contributed by atoms with van der Waals surface area (Å²) < 4.78 is 3.57. The van der Waals surface area contributed by atoms with Gasteiger partial charge < -0.3 is 0 Å². The van der Waals surface area contributed by atoms with E-state index in [0.717, 1.165) is 6.54 Å². The Kier molecular flexibility index (Phi) is 1.37. The van der Waals surface area contributed by atoms with E-state index >= 15 is 0 Å². The minimum Gasteiger partial charge on any atom is -0.300 e. The van der Waals surface area contributed by atoms with E-state index in [4.69, 9.17) is 0 Å². The molecule has 0 amide bonds. The van der Waals surface area contributed by atoms with Crippen molar-refractivity contribution in [1.29, 1.82) is 0 Å². The van der Waals surface area contributed by atoms with E-state index in [2.05, 4.69) is 0 Å². The minimum absolute atomic E-state index is 0.148. The molecule has 0 radical (unpaired) electrons. The molecule has 1 fully saturated rings. The van der Waals surface area contributed by atoms with Gasteiger partial charge in [-0.05, 0) is 19.8 Å². The Morgan fingerprint density at radius 3 is 2.73 bits per heavy atom. The number of imidazole rings is 1. The fourth-order valence-electron chi connectivity index (χ4n) is 1.30. The molecule has 0 atom stereocenters. The molecule has 1 aromatic heterocycles. The largest absolute Gasteiger partial charge is 0.328 e. The smallest absolute Gasteiger partial charge is 0.300 e. The van der Waals surface area contributed by atoms with Crippen LogP contribution in [0.15, 0.2) is 17.2 Å². The summed E-state index contributed by atoms with van der Waals surface area (Å²) in [7, 11) is 0. The summed E-state index contributed by atoms with van der Waals surface area (Å²) in [6.45, 7) is 2.76. The molecule has 1 saturated carbocycles. The third kappa shape index (κ3) is 1.00. The lowest BCUT2D eigenvalue weighted by Gasteiger charge is -1.94. The van der Waals surface area contributed by atoms with Gasteiger partial charge in [-0.1, -0.05) is 0 Å². The molecule has 1 heterocycles. The fraction of sp³-hybridized carbons (Fsp3) is 0.625. The first kappa shape index (κ1) is 6.70. The summed E-state index contributed by atoms with van der Waals surface area (Å²) in [6.07, 6.45) is 6.10. The first-order chi connectivity index (χ1) is 5.33. The Hall–Kier alpha value is -0.990. The van der Waals surface area contributed by atoms with Gasteiger partial charge in [-0.3, -0.25) is 9.13 Å². The second kappa shape index (κ2) is 2.26. The minimum atomic E-state index is 0.148. The van der Waals surface area contributed by atoms with Gasteiger partial charge in [-0.15, -0.1) is 0 Å². The maximum Gasteiger partial charge on any atom is 0.328 e. The van der Waals surface area contributed by atoms with Gasteiger partial charge in [-0.25, -0.2) is 4.79 Å². The van der Waals surface area contributed by atoms with Gasteiger partial charge >= 0.3 is 5.69 Å². The number of aromatic nitrogens is 2. The van der Waals surface area contributed by atoms with Crippen molar-refractivity contribution in [3.05, 3.63) is 22.9 Å². The van der Waals surface area contributed by atoms with Crippen molar-refractivity contribution in [2.24, 2.45) is 0 Å². The van der Waals surface area contributed by atoms with Gasteiger partial charge in [0, 0.05) is 25.0 Å². The molecule has 0 aromatic carbocycles. The molecule has 3 heteroatoms. The molecule has 60 valence electrons. The molecule has 0 saturated heterocycles. The van der Waals surface area contributed by atoms with Crippen molar-refractivity contribution in [2.75, 3.05) is 0 Å². The van der Waals surface area contributed by atoms with Crippen molar-refractivity contribution in [3.63, 3.8) is 0 Å². The van der Waals surface area contributed by atoms with Crippen molar-refractivity contribution < 1.29 is 0 Å². The lowest BCUT2D eigenvalue weighted by molar-refractivity contribution is 0.645. The van der Waals surface area contributed by atoms with Crippen LogP contribution in [0, 0.1) is 0 Å². The first-order valence-corrected chi connectivity index (χ1v) is 4.10. The standard InChI is InChI=1S/C8H12N2O/c1-2-9-5-6-10(8(9)11)7-3-4-7/h5-7H,2-4H2,1H3. The van der Waals surface area contributed by atoms with Gasteiger partial charge in [0.2, 0.25) is 0 Å². The van der Waals surface area contributed by atoms with Crippen molar-refractivity contribution in [1.82, 2.24) is 9.13 Å². The zero-order valence-corrected chi connectivity index (χ0v) is 6.66. The topological polar surface area (TPSA) is 26.9 Å². The average Bonchev–Trinajstić information content (AvgIpc) is 2.77. The summed E-state index contributed by atoms with van der Waals surface area (Å²) in [6, 6.07) is 0.510. The van der Waals surface area contributed by atoms with E-state index in [1.165, 1.54) is 12.8 Å². The average molecular weight is 152 g/mol. The SMILES string of the molecule is CCn1ccn(C2CC2)c1=O. The van der Waals surface area contributed by atoms with Crippen molar-refractivity contribution >= 4 is 0 Å². The number of nitrogens with zero attached hydrogens (tertiary/aromatic N) is 2. The van der Waals surface area contributed by atoms with Crippen LogP contribution in [0.3, 0.4) is 0 Å². The van der Waals surface area contributed by atoms with Gasteiger partial charge in [0.15, 0.2) is 0 Å². The van der Waals surface area contributed by atoms with Crippen molar-refractivity contribution in [2.45, 2.75) is 32.4 Å². The number of hydrogen-bond acceptors (Lipinski definition) is 1. The van der Waals surface area contributed by atoms with E-state index in [1.54, 1.807) is 4.57 Å². The highest BCUT2D eigenvalue weighted by Crippen LogP contribution is 2.33. The summed E-state index contributed by atoms with van der Waals surface area (Å²) >= 11 is 0. The molecule has 3 nitrogen and oxygen atoms in total. The lowest BCUT2D eigenvalue weighted by atomic mass is 10.7. The van der Waals surface area contributed by atoms with Crippen LogP contribution in [0.2, 0.25) is 0 Å². The predicted octanol–water partition coefficient (Wildman–Crippen LogP) is 1.00. The number of hydrogen-bond donors (Lipinski definition) is 0. The Balaban J connectivity index is 2.41. The molecule has 1 aromatic rings. The quantitative estimate of drug-likeness (QED) is 0.621. The second-order valence-electron chi connectivity index (χ2n) is 3.01. The highest BCUT2D eigenvalue weighted by atomic mass is 16.1. The van der Waals surface area contributed by atoms with E-state index in [-0.39, 0.29) is 5.69 Å². The molecule has 11 heavy (non-hydrogen) atoms. The van der Waals surface area contributed by atoms with Crippen LogP contribution in [0.5, 0.6) is 0 Å². The number of rotatable bonds is 2. The van der Waals surface area contributed by atoms with Crippen LogP contribution in [-0.4, -0.2) is 9.13 Å². The van der Waals surface area contributed by atoms with Crippen LogP contribution in [-0.2, 0) is 6.54 Å². The van der Waals surface area contributed by atoms with Crippen LogP contribution in [0.1, 0.15) is 25.8 Å². The van der Waals surface area contributed by atoms with Gasteiger partial charge in [-0.2, -0.15) is 0 Å². The normalized spacial score (nSPS) is 17.2. The van der Waals surface area contributed by atoms with E-state index in [0.29, 0.717) is 6.04 Å². The van der Waals surface area contributed by atoms with Gasteiger partial charge in [0.25, 0.3) is 0 Å². The van der Waals surface area contributed by atoms with Crippen LogP contribution >= 0.6 is 0 Å². The molecule has 0 N–H and O–H groups in total. The highest BCUT2D eigenvalue weighted by Gasteiger charge is 2.25. The molecular weight excluding hydrogens is 140 g/mol. The Morgan fingerprint density at radius 1 is 1.55 bits per heavy atom. The maximum absolute atomic E-state index is 11.4. The Labute approximate surface area is 65.3 Å². The first-order valence-electron chi connectivity index (χ1n) is 4.10. The molecule has 1 aliphatic carbocycles. The van der Waals surface area contributed by atoms with Crippen LogP contribution in [0.25, 0.3) is 0 Å². The van der Waals surface area contributed by atoms with Gasteiger partial charge in [0.1, 0.15) is 0 Å². The lowest BCUT2D eigenvalue weighted by Crippen LogP contribution is -2.22. The molecule has 0 unspecified atom stereocenters. The second-order valence-corrected chi connectivity index (χ2v) is 3.01. The summed E-state index contributed by atoms with van der Waals surface area (Å²) in [5.41, 5.74) is 0.148. The zero-order valence-electron chi connectivity index (χ0n) is 6.66. The summed E-state index contributed by atoms with van der Waals surface area (Å²) in [5.74, 6) is 0.